The molecule has 1 saturated carbocycles. The normalized spacial score (nSPS) is 24.2. The van der Waals surface area contributed by atoms with Gasteiger partial charge < -0.3 is 9.80 Å². The lowest BCUT2D eigenvalue weighted by Crippen LogP contribution is -2.55. The zero-order valence-corrected chi connectivity index (χ0v) is 15.0. The summed E-state index contributed by atoms with van der Waals surface area (Å²) in [6.07, 6.45) is 9.85. The Hall–Kier alpha value is -2.05. The number of nitrogens with zero attached hydrogens (tertiary/aromatic N) is 4. The Morgan fingerprint density at radius 2 is 1.54 bits per heavy atom. The average molecular weight is 360 g/mol. The van der Waals surface area contributed by atoms with Gasteiger partial charge in [-0.25, -0.2) is 9.37 Å². The van der Waals surface area contributed by atoms with Crippen molar-refractivity contribution in [3.63, 3.8) is 0 Å². The van der Waals surface area contributed by atoms with Gasteiger partial charge in [0, 0.05) is 38.6 Å². The highest BCUT2D eigenvalue weighted by Crippen LogP contribution is 2.43. The van der Waals surface area contributed by atoms with Gasteiger partial charge in [0.15, 0.2) is 5.67 Å². The first-order valence-corrected chi connectivity index (χ1v) is 9.55. The van der Waals surface area contributed by atoms with Gasteiger partial charge in [0.05, 0.1) is 6.20 Å². The first kappa shape index (κ1) is 17.4. The number of amides is 2. The van der Waals surface area contributed by atoms with E-state index >= 15 is 0 Å². The van der Waals surface area contributed by atoms with E-state index in [4.69, 9.17) is 0 Å². The SMILES string of the molecule is O=C(c1cnccn1)N1CCC2(CC1)CCN(C(=O)C1(F)CCC1)CC2. The molecule has 0 atom stereocenters. The van der Waals surface area contributed by atoms with Crippen LogP contribution in [0.3, 0.4) is 0 Å². The highest BCUT2D eigenvalue weighted by molar-refractivity contribution is 5.92. The van der Waals surface area contributed by atoms with Crippen molar-refractivity contribution < 1.29 is 14.0 Å². The van der Waals surface area contributed by atoms with E-state index in [1.807, 2.05) is 4.90 Å². The number of hydrogen-bond donors (Lipinski definition) is 0. The predicted molar refractivity (Wildman–Crippen MR) is 93.1 cm³/mol. The third-order valence-electron chi connectivity index (χ3n) is 6.53. The van der Waals surface area contributed by atoms with Crippen molar-refractivity contribution in [3.8, 4) is 0 Å². The van der Waals surface area contributed by atoms with E-state index in [1.54, 1.807) is 11.1 Å². The van der Waals surface area contributed by atoms with Crippen LogP contribution in [0.2, 0.25) is 0 Å². The summed E-state index contributed by atoms with van der Waals surface area (Å²) in [6.45, 7) is 2.69. The van der Waals surface area contributed by atoms with Crippen LogP contribution in [0.4, 0.5) is 4.39 Å². The second-order valence-electron chi connectivity index (χ2n) is 7.99. The van der Waals surface area contributed by atoms with Gasteiger partial charge in [-0.1, -0.05) is 0 Å². The van der Waals surface area contributed by atoms with Crippen molar-refractivity contribution in [3.05, 3.63) is 24.3 Å². The monoisotopic (exact) mass is 360 g/mol. The molecule has 3 heterocycles. The number of alkyl halides is 1. The minimum absolute atomic E-state index is 0.0649. The van der Waals surface area contributed by atoms with Crippen molar-refractivity contribution in [2.45, 2.75) is 50.6 Å². The largest absolute Gasteiger partial charge is 0.340 e. The summed E-state index contributed by atoms with van der Waals surface area (Å²) in [6, 6.07) is 0. The molecule has 140 valence electrons. The zero-order valence-electron chi connectivity index (χ0n) is 15.0. The lowest BCUT2D eigenvalue weighted by molar-refractivity contribution is -0.152. The lowest BCUT2D eigenvalue weighted by Gasteiger charge is -2.48. The molecule has 3 fully saturated rings. The molecular formula is C19H25FN4O2. The van der Waals surface area contributed by atoms with Crippen molar-refractivity contribution >= 4 is 11.8 Å². The van der Waals surface area contributed by atoms with Crippen LogP contribution in [-0.4, -0.2) is 63.4 Å². The number of aromatic nitrogens is 2. The van der Waals surface area contributed by atoms with E-state index in [2.05, 4.69) is 9.97 Å². The summed E-state index contributed by atoms with van der Waals surface area (Å²) in [5, 5.41) is 0. The number of rotatable bonds is 2. The maximum absolute atomic E-state index is 14.4. The summed E-state index contributed by atoms with van der Waals surface area (Å²) in [5.41, 5.74) is -1.02. The van der Waals surface area contributed by atoms with Gasteiger partial charge in [0.1, 0.15) is 5.69 Å². The summed E-state index contributed by atoms with van der Waals surface area (Å²) >= 11 is 0. The smallest absolute Gasteiger partial charge is 0.274 e. The maximum Gasteiger partial charge on any atom is 0.274 e. The van der Waals surface area contributed by atoms with Crippen LogP contribution >= 0.6 is 0 Å². The van der Waals surface area contributed by atoms with Gasteiger partial charge in [-0.05, 0) is 50.4 Å². The summed E-state index contributed by atoms with van der Waals surface area (Å²) in [7, 11) is 0. The van der Waals surface area contributed by atoms with E-state index in [9.17, 15) is 14.0 Å². The van der Waals surface area contributed by atoms with Crippen molar-refractivity contribution in [1.82, 2.24) is 19.8 Å². The Labute approximate surface area is 152 Å². The molecule has 2 aliphatic heterocycles. The Kier molecular flexibility index (Phi) is 4.40. The molecule has 3 aliphatic rings. The van der Waals surface area contributed by atoms with E-state index in [0.717, 1.165) is 32.1 Å². The third kappa shape index (κ3) is 3.08. The molecule has 0 radical (unpaired) electrons. The summed E-state index contributed by atoms with van der Waals surface area (Å²) < 4.78 is 14.4. The second-order valence-corrected chi connectivity index (χ2v) is 7.99. The number of carbonyl (C=O) groups is 2. The zero-order chi connectivity index (χ0) is 18.2. The van der Waals surface area contributed by atoms with Crippen molar-refractivity contribution in [2.75, 3.05) is 26.2 Å². The average Bonchev–Trinajstić information content (AvgIpc) is 2.67. The lowest BCUT2D eigenvalue weighted by atomic mass is 9.70. The molecule has 2 saturated heterocycles. The predicted octanol–water partition coefficient (Wildman–Crippen LogP) is 2.21. The molecule has 4 rings (SSSR count). The molecule has 1 aromatic heterocycles. The molecule has 0 bridgehead atoms. The molecule has 1 aliphatic carbocycles. The quantitative estimate of drug-likeness (QED) is 0.811. The Morgan fingerprint density at radius 3 is 2.04 bits per heavy atom. The minimum atomic E-state index is -1.59. The fourth-order valence-corrected chi connectivity index (χ4v) is 4.42. The first-order chi connectivity index (χ1) is 12.5. The molecule has 0 unspecified atom stereocenters. The molecule has 7 heteroatoms. The highest BCUT2D eigenvalue weighted by Gasteiger charge is 2.48. The third-order valence-corrected chi connectivity index (χ3v) is 6.53. The van der Waals surface area contributed by atoms with Crippen LogP contribution in [0.5, 0.6) is 0 Å². The summed E-state index contributed by atoms with van der Waals surface area (Å²) in [4.78, 5) is 36.5. The molecule has 6 nitrogen and oxygen atoms in total. The van der Waals surface area contributed by atoms with Crippen LogP contribution in [0.25, 0.3) is 0 Å². The van der Waals surface area contributed by atoms with Crippen LogP contribution < -0.4 is 0 Å². The van der Waals surface area contributed by atoms with Crippen molar-refractivity contribution in [1.29, 1.82) is 0 Å². The van der Waals surface area contributed by atoms with Crippen LogP contribution in [0.1, 0.15) is 55.4 Å². The molecule has 2 amide bonds. The van der Waals surface area contributed by atoms with Gasteiger partial charge >= 0.3 is 0 Å². The van der Waals surface area contributed by atoms with E-state index in [0.29, 0.717) is 44.7 Å². The topological polar surface area (TPSA) is 66.4 Å². The molecule has 1 spiro atoms. The first-order valence-electron chi connectivity index (χ1n) is 9.55. The number of carbonyl (C=O) groups excluding carboxylic acids is 2. The van der Waals surface area contributed by atoms with Gasteiger partial charge in [-0.15, -0.1) is 0 Å². The van der Waals surface area contributed by atoms with E-state index < -0.39 is 5.67 Å². The molecule has 0 aromatic carbocycles. The van der Waals surface area contributed by atoms with Gasteiger partial charge in [-0.3, -0.25) is 14.6 Å². The van der Waals surface area contributed by atoms with Gasteiger partial charge in [0.25, 0.3) is 11.8 Å². The standard InChI is InChI=1S/C19H25FN4O2/c20-19(2-1-3-19)17(26)24-12-6-18(7-13-24)4-10-23(11-5-18)16(25)15-14-21-8-9-22-15/h8-9,14H,1-7,10-13H2. The fourth-order valence-electron chi connectivity index (χ4n) is 4.42. The molecule has 1 aromatic rings. The number of hydrogen-bond acceptors (Lipinski definition) is 4. The van der Waals surface area contributed by atoms with Crippen LogP contribution in [0, 0.1) is 5.41 Å². The molecule has 0 N–H and O–H groups in total. The second kappa shape index (κ2) is 6.59. The minimum Gasteiger partial charge on any atom is -0.340 e. The van der Waals surface area contributed by atoms with Gasteiger partial charge in [0.2, 0.25) is 0 Å². The van der Waals surface area contributed by atoms with E-state index in [-0.39, 0.29) is 17.2 Å². The Morgan fingerprint density at radius 1 is 0.923 bits per heavy atom. The highest BCUT2D eigenvalue weighted by atomic mass is 19.1. The molecule has 26 heavy (non-hydrogen) atoms. The fraction of sp³-hybridized carbons (Fsp3) is 0.684. The maximum atomic E-state index is 14.4. The summed E-state index contributed by atoms with van der Waals surface area (Å²) in [5.74, 6) is -0.362. The Bertz CT molecular complexity index is 674. The van der Waals surface area contributed by atoms with E-state index in [1.165, 1.54) is 12.4 Å². The number of halogens is 1. The van der Waals surface area contributed by atoms with Crippen molar-refractivity contribution in [2.24, 2.45) is 5.41 Å². The number of likely N-dealkylation sites (tertiary alicyclic amines) is 2. The Balaban J connectivity index is 1.31. The van der Waals surface area contributed by atoms with Crippen LogP contribution in [0.15, 0.2) is 18.6 Å². The number of piperidine rings is 2. The molecular weight excluding hydrogens is 335 g/mol. The van der Waals surface area contributed by atoms with Crippen LogP contribution in [-0.2, 0) is 4.79 Å². The van der Waals surface area contributed by atoms with Gasteiger partial charge in [-0.2, -0.15) is 0 Å².